The first-order chi connectivity index (χ1) is 11.2. The predicted molar refractivity (Wildman–Crippen MR) is 88.1 cm³/mol. The number of fused-ring (bicyclic) bond motifs is 1. The van der Waals surface area contributed by atoms with Gasteiger partial charge in [0.1, 0.15) is 5.82 Å². The molecule has 1 saturated carbocycles. The molecule has 0 atom stereocenters. The molecule has 1 aromatic carbocycles. The van der Waals surface area contributed by atoms with Crippen molar-refractivity contribution in [3.8, 4) is 0 Å². The fourth-order valence-corrected chi connectivity index (χ4v) is 3.12. The fourth-order valence-electron chi connectivity index (χ4n) is 3.12. The molecule has 23 heavy (non-hydrogen) atoms. The predicted octanol–water partition coefficient (Wildman–Crippen LogP) is 3.08. The van der Waals surface area contributed by atoms with Crippen LogP contribution >= 0.6 is 0 Å². The smallest absolute Gasteiger partial charge is 0.252 e. The van der Waals surface area contributed by atoms with Crippen LogP contribution in [-0.2, 0) is 5.54 Å². The lowest BCUT2D eigenvalue weighted by molar-refractivity contribution is 0.0810. The van der Waals surface area contributed by atoms with E-state index in [1.165, 1.54) is 0 Å². The van der Waals surface area contributed by atoms with E-state index in [0.29, 0.717) is 5.56 Å². The number of rotatable bonds is 3. The lowest BCUT2D eigenvalue weighted by Gasteiger charge is -2.40. The highest BCUT2D eigenvalue weighted by Gasteiger charge is 2.42. The van der Waals surface area contributed by atoms with Gasteiger partial charge in [-0.05, 0) is 49.8 Å². The summed E-state index contributed by atoms with van der Waals surface area (Å²) in [7, 11) is 0. The highest BCUT2D eigenvalue weighted by molar-refractivity contribution is 5.98. The van der Waals surface area contributed by atoms with E-state index in [1.807, 2.05) is 37.4 Å². The first-order valence-corrected chi connectivity index (χ1v) is 7.85. The quantitative estimate of drug-likeness (QED) is 0.781. The molecule has 1 amide bonds. The Morgan fingerprint density at radius 1 is 1.22 bits per heavy atom. The van der Waals surface area contributed by atoms with Crippen molar-refractivity contribution in [2.45, 2.75) is 31.7 Å². The molecule has 4 rings (SSSR count). The third-order valence-electron chi connectivity index (χ3n) is 4.62. The van der Waals surface area contributed by atoms with E-state index in [0.717, 1.165) is 41.6 Å². The SMILES string of the molecule is Cc1cnc(C2(NC(=O)c3ccc4cnccc4c3)CCC2)[nH]1. The van der Waals surface area contributed by atoms with Gasteiger partial charge in [-0.1, -0.05) is 6.07 Å². The largest absolute Gasteiger partial charge is 0.344 e. The van der Waals surface area contributed by atoms with Crippen molar-refractivity contribution in [2.75, 3.05) is 0 Å². The molecule has 0 unspecified atom stereocenters. The van der Waals surface area contributed by atoms with E-state index in [1.54, 1.807) is 12.4 Å². The molecule has 1 aliphatic rings. The molecule has 5 nitrogen and oxygen atoms in total. The number of nitrogens with one attached hydrogen (secondary N) is 2. The van der Waals surface area contributed by atoms with Crippen molar-refractivity contribution in [1.82, 2.24) is 20.3 Å². The first-order valence-electron chi connectivity index (χ1n) is 7.85. The number of aromatic amines is 1. The zero-order chi connectivity index (χ0) is 15.9. The number of hydrogen-bond acceptors (Lipinski definition) is 3. The summed E-state index contributed by atoms with van der Waals surface area (Å²) in [5.74, 6) is 0.803. The third-order valence-corrected chi connectivity index (χ3v) is 4.62. The van der Waals surface area contributed by atoms with E-state index in [-0.39, 0.29) is 11.4 Å². The van der Waals surface area contributed by atoms with Crippen LogP contribution in [0.5, 0.6) is 0 Å². The lowest BCUT2D eigenvalue weighted by atomic mass is 9.76. The molecule has 2 aromatic heterocycles. The second-order valence-electron chi connectivity index (χ2n) is 6.24. The van der Waals surface area contributed by atoms with Crippen LogP contribution in [0, 0.1) is 6.92 Å². The summed E-state index contributed by atoms with van der Waals surface area (Å²) in [6.07, 6.45) is 8.29. The van der Waals surface area contributed by atoms with E-state index >= 15 is 0 Å². The van der Waals surface area contributed by atoms with Crippen LogP contribution in [0.1, 0.15) is 41.1 Å². The van der Waals surface area contributed by atoms with E-state index < -0.39 is 0 Å². The molecule has 1 aliphatic carbocycles. The first kappa shape index (κ1) is 13.9. The van der Waals surface area contributed by atoms with Crippen LogP contribution < -0.4 is 5.32 Å². The van der Waals surface area contributed by atoms with Crippen molar-refractivity contribution >= 4 is 16.7 Å². The minimum absolute atomic E-state index is 0.0579. The Labute approximate surface area is 134 Å². The molecule has 1 fully saturated rings. The van der Waals surface area contributed by atoms with Crippen LogP contribution in [0.2, 0.25) is 0 Å². The number of H-pyrrole nitrogens is 1. The van der Waals surface area contributed by atoms with Gasteiger partial charge in [-0.2, -0.15) is 0 Å². The topological polar surface area (TPSA) is 70.7 Å². The minimum Gasteiger partial charge on any atom is -0.344 e. The molecule has 2 heterocycles. The summed E-state index contributed by atoms with van der Waals surface area (Å²) in [6.45, 7) is 1.97. The van der Waals surface area contributed by atoms with Crippen molar-refractivity contribution in [3.05, 3.63) is 59.9 Å². The normalized spacial score (nSPS) is 16.0. The number of carbonyl (C=O) groups is 1. The molecular weight excluding hydrogens is 288 g/mol. The van der Waals surface area contributed by atoms with Gasteiger partial charge in [-0.3, -0.25) is 9.78 Å². The Morgan fingerprint density at radius 3 is 2.78 bits per heavy atom. The summed E-state index contributed by atoms with van der Waals surface area (Å²) in [6, 6.07) is 7.61. The molecule has 0 bridgehead atoms. The number of benzene rings is 1. The second-order valence-corrected chi connectivity index (χ2v) is 6.24. The number of pyridine rings is 1. The Bertz CT molecular complexity index is 879. The Balaban J connectivity index is 1.63. The monoisotopic (exact) mass is 306 g/mol. The van der Waals surface area contributed by atoms with Crippen LogP contribution in [0.25, 0.3) is 10.8 Å². The molecule has 2 N–H and O–H groups in total. The average Bonchev–Trinajstić information content (AvgIpc) is 2.97. The molecule has 0 spiro atoms. The van der Waals surface area contributed by atoms with Crippen molar-refractivity contribution in [2.24, 2.45) is 0 Å². The highest BCUT2D eigenvalue weighted by atomic mass is 16.1. The number of amides is 1. The fraction of sp³-hybridized carbons (Fsp3) is 0.278. The van der Waals surface area contributed by atoms with E-state index in [4.69, 9.17) is 0 Å². The average molecular weight is 306 g/mol. The summed E-state index contributed by atoms with van der Waals surface area (Å²) in [5, 5.41) is 5.24. The second kappa shape index (κ2) is 5.19. The number of aryl methyl sites for hydroxylation is 1. The maximum atomic E-state index is 12.7. The summed E-state index contributed by atoms with van der Waals surface area (Å²) < 4.78 is 0. The van der Waals surface area contributed by atoms with Crippen LogP contribution in [0.15, 0.2) is 42.9 Å². The van der Waals surface area contributed by atoms with Gasteiger partial charge < -0.3 is 10.3 Å². The van der Waals surface area contributed by atoms with Crippen LogP contribution in [0.3, 0.4) is 0 Å². The highest BCUT2D eigenvalue weighted by Crippen LogP contribution is 2.40. The van der Waals surface area contributed by atoms with Gasteiger partial charge >= 0.3 is 0 Å². The van der Waals surface area contributed by atoms with Gasteiger partial charge in [-0.25, -0.2) is 4.98 Å². The summed E-state index contributed by atoms with van der Waals surface area (Å²) in [4.78, 5) is 24.5. The van der Waals surface area contributed by atoms with Crippen molar-refractivity contribution in [3.63, 3.8) is 0 Å². The Hall–Kier alpha value is -2.69. The van der Waals surface area contributed by atoms with Crippen molar-refractivity contribution < 1.29 is 4.79 Å². The maximum Gasteiger partial charge on any atom is 0.252 e. The zero-order valence-corrected chi connectivity index (χ0v) is 13.0. The number of nitrogens with zero attached hydrogens (tertiary/aromatic N) is 2. The molecule has 0 saturated heterocycles. The van der Waals surface area contributed by atoms with Crippen LogP contribution in [0.4, 0.5) is 0 Å². The van der Waals surface area contributed by atoms with Crippen molar-refractivity contribution in [1.29, 1.82) is 0 Å². The number of aromatic nitrogens is 3. The number of carbonyl (C=O) groups excluding carboxylic acids is 1. The van der Waals surface area contributed by atoms with E-state index in [2.05, 4.69) is 20.3 Å². The van der Waals surface area contributed by atoms with Gasteiger partial charge in [0, 0.05) is 35.2 Å². The number of imidazole rings is 1. The van der Waals surface area contributed by atoms with Gasteiger partial charge in [0.2, 0.25) is 0 Å². The molecule has 0 aliphatic heterocycles. The summed E-state index contributed by atoms with van der Waals surface area (Å²) in [5.41, 5.74) is 1.33. The van der Waals surface area contributed by atoms with Gasteiger partial charge in [-0.15, -0.1) is 0 Å². The maximum absolute atomic E-state index is 12.7. The summed E-state index contributed by atoms with van der Waals surface area (Å²) >= 11 is 0. The standard InChI is InChI=1S/C18H18N4O/c1-12-10-20-17(21-12)18(6-2-7-18)22-16(23)14-3-4-15-11-19-8-5-13(15)9-14/h3-5,8-11H,2,6-7H2,1H3,(H,20,21)(H,22,23). The van der Waals surface area contributed by atoms with Gasteiger partial charge in [0.25, 0.3) is 5.91 Å². The van der Waals surface area contributed by atoms with Crippen LogP contribution in [-0.4, -0.2) is 20.9 Å². The van der Waals surface area contributed by atoms with Gasteiger partial charge in [0.05, 0.1) is 5.54 Å². The molecular formula is C18H18N4O. The molecule has 5 heteroatoms. The molecule has 3 aromatic rings. The third kappa shape index (κ3) is 2.38. The lowest BCUT2D eigenvalue weighted by Crippen LogP contribution is -2.51. The van der Waals surface area contributed by atoms with E-state index in [9.17, 15) is 4.79 Å². The molecule has 0 radical (unpaired) electrons. The Kier molecular flexibility index (Phi) is 3.15. The zero-order valence-electron chi connectivity index (χ0n) is 13.0. The minimum atomic E-state index is -0.349. The van der Waals surface area contributed by atoms with Gasteiger partial charge in [0.15, 0.2) is 0 Å². The number of hydrogen-bond donors (Lipinski definition) is 2. The molecule has 116 valence electrons. The Morgan fingerprint density at radius 2 is 2.09 bits per heavy atom.